The first kappa shape index (κ1) is 15.4. The minimum atomic E-state index is 0.140. The quantitative estimate of drug-likeness (QED) is 0.929. The number of nitrogens with two attached hydrogens (primary N) is 1. The van der Waals surface area contributed by atoms with Gasteiger partial charge >= 0.3 is 0 Å². The van der Waals surface area contributed by atoms with E-state index in [4.69, 9.17) is 5.73 Å². The third kappa shape index (κ3) is 3.04. The number of carbonyl (C=O) groups excluding carboxylic acids is 1. The van der Waals surface area contributed by atoms with Gasteiger partial charge in [0, 0.05) is 12.6 Å². The molecule has 0 radical (unpaired) electrons. The normalized spacial score (nSPS) is 22.8. The highest BCUT2D eigenvalue weighted by atomic mass is 32.1. The molecule has 5 heteroatoms. The number of nitrogens with zero attached hydrogens (tertiary/aromatic N) is 2. The van der Waals surface area contributed by atoms with Gasteiger partial charge in [-0.05, 0) is 46.1 Å². The third-order valence-corrected chi connectivity index (χ3v) is 5.33. The maximum Gasteiger partial charge on any atom is 0.266 e. The van der Waals surface area contributed by atoms with Gasteiger partial charge in [0.05, 0.1) is 10.7 Å². The van der Waals surface area contributed by atoms with Crippen molar-refractivity contribution in [2.24, 2.45) is 11.7 Å². The minimum absolute atomic E-state index is 0.140. The number of thiazole rings is 1. The van der Waals surface area contributed by atoms with Crippen molar-refractivity contribution in [3.05, 3.63) is 15.6 Å². The Bertz CT molecular complexity index is 472. The van der Waals surface area contributed by atoms with Gasteiger partial charge in [-0.25, -0.2) is 4.98 Å². The largest absolute Gasteiger partial charge is 0.335 e. The van der Waals surface area contributed by atoms with Crippen LogP contribution < -0.4 is 5.73 Å². The number of aromatic nitrogens is 1. The van der Waals surface area contributed by atoms with Gasteiger partial charge in [-0.15, -0.1) is 11.3 Å². The molecule has 1 aromatic heterocycles. The Morgan fingerprint density at radius 1 is 1.40 bits per heavy atom. The standard InChI is InChI=1S/C15H25N3OS/c1-4-18(13-8-6-5-7-12(13)9-16)15(19)14-10(2)17-11(3)20-14/h12-13H,4-9,16H2,1-3H3. The van der Waals surface area contributed by atoms with E-state index in [2.05, 4.69) is 11.9 Å². The monoisotopic (exact) mass is 295 g/mol. The summed E-state index contributed by atoms with van der Waals surface area (Å²) in [7, 11) is 0. The number of hydrogen-bond acceptors (Lipinski definition) is 4. The fourth-order valence-electron chi connectivity index (χ4n) is 3.26. The fraction of sp³-hybridized carbons (Fsp3) is 0.733. The Hall–Kier alpha value is -0.940. The summed E-state index contributed by atoms with van der Waals surface area (Å²) in [6, 6.07) is 0.299. The van der Waals surface area contributed by atoms with Crippen molar-refractivity contribution in [2.45, 2.75) is 52.5 Å². The van der Waals surface area contributed by atoms with Crippen LogP contribution in [0.25, 0.3) is 0 Å². The van der Waals surface area contributed by atoms with Crippen LogP contribution in [0.5, 0.6) is 0 Å². The Morgan fingerprint density at radius 3 is 2.65 bits per heavy atom. The van der Waals surface area contributed by atoms with Crippen molar-refractivity contribution in [1.29, 1.82) is 0 Å². The summed E-state index contributed by atoms with van der Waals surface area (Å²) in [6.45, 7) is 7.36. The molecule has 20 heavy (non-hydrogen) atoms. The molecule has 0 spiro atoms. The summed E-state index contributed by atoms with van der Waals surface area (Å²) >= 11 is 1.51. The lowest BCUT2D eigenvalue weighted by Gasteiger charge is -2.39. The second kappa shape index (κ2) is 6.68. The van der Waals surface area contributed by atoms with Crippen molar-refractivity contribution in [3.8, 4) is 0 Å². The molecule has 2 unspecified atom stereocenters. The SMILES string of the molecule is CCN(C(=O)c1sc(C)nc1C)C1CCCCC1CN. The molecule has 1 amide bonds. The zero-order valence-electron chi connectivity index (χ0n) is 12.7. The van der Waals surface area contributed by atoms with Crippen LogP contribution >= 0.6 is 11.3 Å². The first-order chi connectivity index (χ1) is 9.58. The average molecular weight is 295 g/mol. The van der Waals surface area contributed by atoms with Gasteiger partial charge in [-0.3, -0.25) is 4.79 Å². The van der Waals surface area contributed by atoms with E-state index in [9.17, 15) is 4.79 Å². The van der Waals surface area contributed by atoms with E-state index in [1.165, 1.54) is 24.2 Å². The zero-order valence-corrected chi connectivity index (χ0v) is 13.5. The fourth-order valence-corrected chi connectivity index (χ4v) is 4.14. The van der Waals surface area contributed by atoms with E-state index in [1.807, 2.05) is 18.7 Å². The molecule has 0 bridgehead atoms. The van der Waals surface area contributed by atoms with Crippen LogP contribution in [0.3, 0.4) is 0 Å². The van der Waals surface area contributed by atoms with Crippen molar-refractivity contribution < 1.29 is 4.79 Å². The van der Waals surface area contributed by atoms with Crippen LogP contribution in [0, 0.1) is 19.8 Å². The molecule has 1 aliphatic rings. The molecule has 0 aromatic carbocycles. The Kier molecular flexibility index (Phi) is 5.16. The van der Waals surface area contributed by atoms with Crippen LogP contribution in [-0.4, -0.2) is 34.9 Å². The van der Waals surface area contributed by atoms with Gasteiger partial charge in [0.25, 0.3) is 5.91 Å². The number of aryl methyl sites for hydroxylation is 2. The lowest BCUT2D eigenvalue weighted by molar-refractivity contribution is 0.0564. The van der Waals surface area contributed by atoms with Crippen molar-refractivity contribution in [1.82, 2.24) is 9.88 Å². The van der Waals surface area contributed by atoms with Gasteiger partial charge in [0.2, 0.25) is 0 Å². The molecule has 2 atom stereocenters. The van der Waals surface area contributed by atoms with Crippen LogP contribution in [0.15, 0.2) is 0 Å². The predicted octanol–water partition coefficient (Wildman–Crippen LogP) is 2.74. The molecular formula is C15H25N3OS. The second-order valence-electron chi connectivity index (χ2n) is 5.59. The Labute approximate surface area is 125 Å². The van der Waals surface area contributed by atoms with E-state index in [1.54, 1.807) is 0 Å². The van der Waals surface area contributed by atoms with Gasteiger partial charge in [0.1, 0.15) is 4.88 Å². The van der Waals surface area contributed by atoms with Crippen LogP contribution in [0.1, 0.15) is 53.0 Å². The van der Waals surface area contributed by atoms with E-state index in [-0.39, 0.29) is 5.91 Å². The van der Waals surface area contributed by atoms with Gasteiger partial charge in [-0.1, -0.05) is 12.8 Å². The predicted molar refractivity (Wildman–Crippen MR) is 83.1 cm³/mol. The molecule has 1 heterocycles. The summed E-state index contributed by atoms with van der Waals surface area (Å²) in [6.07, 6.45) is 4.67. The van der Waals surface area contributed by atoms with Crippen LogP contribution in [0.4, 0.5) is 0 Å². The van der Waals surface area contributed by atoms with E-state index >= 15 is 0 Å². The van der Waals surface area contributed by atoms with Crippen molar-refractivity contribution in [2.75, 3.05) is 13.1 Å². The first-order valence-corrected chi connectivity index (χ1v) is 8.35. The molecule has 4 nitrogen and oxygen atoms in total. The topological polar surface area (TPSA) is 59.2 Å². The molecule has 0 saturated heterocycles. The molecule has 1 saturated carbocycles. The maximum absolute atomic E-state index is 12.8. The Morgan fingerprint density at radius 2 is 2.10 bits per heavy atom. The molecule has 2 rings (SSSR count). The highest BCUT2D eigenvalue weighted by Crippen LogP contribution is 2.30. The lowest BCUT2D eigenvalue weighted by atomic mass is 9.83. The first-order valence-electron chi connectivity index (χ1n) is 7.53. The molecule has 1 aromatic rings. The molecule has 1 aliphatic carbocycles. The van der Waals surface area contributed by atoms with Crippen LogP contribution in [0.2, 0.25) is 0 Å². The number of carbonyl (C=O) groups is 1. The number of hydrogen-bond donors (Lipinski definition) is 1. The second-order valence-corrected chi connectivity index (χ2v) is 6.79. The Balaban J connectivity index is 2.22. The average Bonchev–Trinajstić information content (AvgIpc) is 2.79. The number of rotatable bonds is 4. The van der Waals surface area contributed by atoms with E-state index in [0.717, 1.165) is 35.0 Å². The third-order valence-electron chi connectivity index (χ3n) is 4.27. The maximum atomic E-state index is 12.8. The zero-order chi connectivity index (χ0) is 14.7. The summed E-state index contributed by atoms with van der Waals surface area (Å²) in [5, 5.41) is 0.959. The number of amides is 1. The summed E-state index contributed by atoms with van der Waals surface area (Å²) < 4.78 is 0. The minimum Gasteiger partial charge on any atom is -0.335 e. The highest BCUT2D eigenvalue weighted by molar-refractivity contribution is 7.13. The van der Waals surface area contributed by atoms with Crippen molar-refractivity contribution >= 4 is 17.2 Å². The molecule has 1 fully saturated rings. The summed E-state index contributed by atoms with van der Waals surface area (Å²) in [5.74, 6) is 0.586. The van der Waals surface area contributed by atoms with E-state index < -0.39 is 0 Å². The van der Waals surface area contributed by atoms with Crippen molar-refractivity contribution in [3.63, 3.8) is 0 Å². The molecular weight excluding hydrogens is 270 g/mol. The summed E-state index contributed by atoms with van der Waals surface area (Å²) in [5.41, 5.74) is 6.77. The van der Waals surface area contributed by atoms with Gasteiger partial charge in [-0.2, -0.15) is 0 Å². The lowest BCUT2D eigenvalue weighted by Crippen LogP contribution is -2.47. The van der Waals surface area contributed by atoms with Crippen LogP contribution in [-0.2, 0) is 0 Å². The van der Waals surface area contributed by atoms with Gasteiger partial charge < -0.3 is 10.6 Å². The highest BCUT2D eigenvalue weighted by Gasteiger charge is 2.32. The molecule has 112 valence electrons. The molecule has 0 aliphatic heterocycles. The van der Waals surface area contributed by atoms with E-state index in [0.29, 0.717) is 18.5 Å². The molecule has 2 N–H and O–H groups in total. The van der Waals surface area contributed by atoms with Gasteiger partial charge in [0.15, 0.2) is 0 Å². The summed E-state index contributed by atoms with van der Waals surface area (Å²) in [4.78, 5) is 20.0. The smallest absolute Gasteiger partial charge is 0.266 e.